The van der Waals surface area contributed by atoms with Crippen LogP contribution in [0.5, 0.6) is 0 Å². The van der Waals surface area contributed by atoms with E-state index in [0.29, 0.717) is 17.3 Å². The minimum absolute atomic E-state index is 0.0455. The lowest BCUT2D eigenvalue weighted by Gasteiger charge is -2.26. The fraction of sp³-hybridized carbons (Fsp3) is 0.526. The first-order chi connectivity index (χ1) is 12.0. The lowest BCUT2D eigenvalue weighted by Crippen LogP contribution is -2.20. The molecule has 0 N–H and O–H groups in total. The monoisotopic (exact) mass is 345 g/mol. The second-order valence-electron chi connectivity index (χ2n) is 6.96. The Hall–Kier alpha value is -2.24. The summed E-state index contributed by atoms with van der Waals surface area (Å²) in [5, 5.41) is 4.52. The summed E-state index contributed by atoms with van der Waals surface area (Å²) >= 11 is 0. The van der Waals surface area contributed by atoms with E-state index in [9.17, 15) is 9.18 Å². The maximum atomic E-state index is 13.5. The number of aromatic nitrogens is 3. The van der Waals surface area contributed by atoms with Crippen LogP contribution in [0.15, 0.2) is 18.2 Å². The van der Waals surface area contributed by atoms with Crippen molar-refractivity contribution in [3.63, 3.8) is 0 Å². The minimum Gasteiger partial charge on any atom is -0.468 e. The van der Waals surface area contributed by atoms with Crippen LogP contribution in [0.3, 0.4) is 0 Å². The number of nitrogens with zero attached hydrogens (tertiary/aromatic N) is 3. The third-order valence-corrected chi connectivity index (χ3v) is 4.92. The van der Waals surface area contributed by atoms with Crippen LogP contribution in [0.1, 0.15) is 49.9 Å². The molecule has 5 nitrogen and oxygen atoms in total. The van der Waals surface area contributed by atoms with Crippen molar-refractivity contribution < 1.29 is 13.9 Å². The molecular formula is C19H24FN3O2. The molecule has 0 saturated heterocycles. The molecule has 1 aliphatic rings. The van der Waals surface area contributed by atoms with Gasteiger partial charge in [-0.1, -0.05) is 19.8 Å². The molecule has 1 heterocycles. The number of hydrogen-bond donors (Lipinski definition) is 0. The van der Waals surface area contributed by atoms with Crippen LogP contribution in [-0.4, -0.2) is 27.8 Å². The number of benzene rings is 1. The molecule has 1 fully saturated rings. The van der Waals surface area contributed by atoms with Crippen LogP contribution in [-0.2, 0) is 16.1 Å². The average Bonchev–Trinajstić information content (AvgIpc) is 3.01. The van der Waals surface area contributed by atoms with E-state index < -0.39 is 0 Å². The van der Waals surface area contributed by atoms with Gasteiger partial charge in [-0.3, -0.25) is 4.79 Å². The van der Waals surface area contributed by atoms with Gasteiger partial charge in [-0.2, -0.15) is 5.10 Å². The zero-order chi connectivity index (χ0) is 18.0. The van der Waals surface area contributed by atoms with Gasteiger partial charge in [0.1, 0.15) is 18.2 Å². The number of halogens is 1. The Kier molecular flexibility index (Phi) is 5.16. The summed E-state index contributed by atoms with van der Waals surface area (Å²) in [7, 11) is 1.37. The van der Waals surface area contributed by atoms with Gasteiger partial charge in [-0.05, 0) is 49.4 Å². The summed E-state index contributed by atoms with van der Waals surface area (Å²) in [5.41, 5.74) is 1.31. The molecule has 1 aromatic carbocycles. The number of rotatable bonds is 4. The van der Waals surface area contributed by atoms with Crippen LogP contribution < -0.4 is 0 Å². The second kappa shape index (κ2) is 7.33. The predicted molar refractivity (Wildman–Crippen MR) is 92.5 cm³/mol. The second-order valence-corrected chi connectivity index (χ2v) is 6.96. The van der Waals surface area contributed by atoms with E-state index in [1.165, 1.54) is 19.6 Å². The number of esters is 1. The highest BCUT2D eigenvalue weighted by Gasteiger charge is 2.27. The number of ether oxygens (including phenoxy) is 1. The highest BCUT2D eigenvalue weighted by atomic mass is 19.1. The molecule has 1 aromatic heterocycles. The highest BCUT2D eigenvalue weighted by Crippen LogP contribution is 2.36. The molecular weight excluding hydrogens is 321 g/mol. The molecule has 2 aromatic rings. The van der Waals surface area contributed by atoms with E-state index in [2.05, 4.69) is 12.0 Å². The van der Waals surface area contributed by atoms with E-state index >= 15 is 0 Å². The zero-order valence-electron chi connectivity index (χ0n) is 15.0. The van der Waals surface area contributed by atoms with Gasteiger partial charge in [-0.15, -0.1) is 0 Å². The van der Waals surface area contributed by atoms with Crippen molar-refractivity contribution in [2.45, 2.75) is 52.0 Å². The Balaban J connectivity index is 1.98. The van der Waals surface area contributed by atoms with Crippen LogP contribution in [0, 0.1) is 18.7 Å². The molecule has 0 spiro atoms. The topological polar surface area (TPSA) is 57.0 Å². The van der Waals surface area contributed by atoms with Gasteiger partial charge >= 0.3 is 5.97 Å². The average molecular weight is 345 g/mol. The summed E-state index contributed by atoms with van der Waals surface area (Å²) in [5.74, 6) is 1.68. The Labute approximate surface area is 147 Å². The Bertz CT molecular complexity index is 772. The van der Waals surface area contributed by atoms with E-state index in [0.717, 1.165) is 30.7 Å². The van der Waals surface area contributed by atoms with Crippen LogP contribution in [0.2, 0.25) is 0 Å². The van der Waals surface area contributed by atoms with Gasteiger partial charge < -0.3 is 4.74 Å². The normalized spacial score (nSPS) is 20.5. The van der Waals surface area contributed by atoms with Gasteiger partial charge in [0.15, 0.2) is 5.82 Å². The van der Waals surface area contributed by atoms with Crippen molar-refractivity contribution in [3.8, 4) is 11.4 Å². The van der Waals surface area contributed by atoms with Crippen molar-refractivity contribution in [1.82, 2.24) is 14.8 Å². The molecule has 134 valence electrons. The maximum Gasteiger partial charge on any atom is 0.327 e. The smallest absolute Gasteiger partial charge is 0.327 e. The van der Waals surface area contributed by atoms with E-state index in [-0.39, 0.29) is 24.2 Å². The van der Waals surface area contributed by atoms with Crippen molar-refractivity contribution >= 4 is 5.97 Å². The van der Waals surface area contributed by atoms with E-state index in [1.807, 2.05) is 0 Å². The van der Waals surface area contributed by atoms with Crippen molar-refractivity contribution in [1.29, 1.82) is 0 Å². The number of methoxy groups -OCH3 is 1. The number of hydrogen-bond acceptors (Lipinski definition) is 4. The third kappa shape index (κ3) is 3.89. The van der Waals surface area contributed by atoms with Gasteiger partial charge in [0, 0.05) is 11.5 Å². The molecule has 1 saturated carbocycles. The van der Waals surface area contributed by atoms with Crippen LogP contribution in [0.25, 0.3) is 11.4 Å². The van der Waals surface area contributed by atoms with E-state index in [4.69, 9.17) is 9.72 Å². The molecule has 2 unspecified atom stereocenters. The Morgan fingerprint density at radius 1 is 1.40 bits per heavy atom. The van der Waals surface area contributed by atoms with Gasteiger partial charge in [-0.25, -0.2) is 14.1 Å². The molecule has 0 radical (unpaired) electrons. The molecule has 2 atom stereocenters. The lowest BCUT2D eigenvalue weighted by atomic mass is 9.82. The van der Waals surface area contributed by atoms with Gasteiger partial charge in [0.05, 0.1) is 7.11 Å². The molecule has 0 amide bonds. The quantitative estimate of drug-likeness (QED) is 0.790. The molecule has 0 aliphatic heterocycles. The van der Waals surface area contributed by atoms with Gasteiger partial charge in [0.2, 0.25) is 0 Å². The number of carbonyl (C=O) groups excluding carboxylic acids is 1. The largest absolute Gasteiger partial charge is 0.468 e. The summed E-state index contributed by atoms with van der Waals surface area (Å²) in [6.45, 7) is 4.01. The summed E-state index contributed by atoms with van der Waals surface area (Å²) in [6.07, 6.45) is 4.47. The standard InChI is InChI=1S/C19H24FN3O2/c1-12-5-4-6-15(9-12)19-21-18(22-23(19)11-17(24)25-3)14-7-8-16(20)13(2)10-14/h7-8,10,12,15H,4-6,9,11H2,1-3H3. The SMILES string of the molecule is COC(=O)Cn1nc(-c2ccc(F)c(C)c2)nc1C1CCCC(C)C1. The fourth-order valence-corrected chi connectivity index (χ4v) is 3.53. The Morgan fingerprint density at radius 3 is 2.88 bits per heavy atom. The molecule has 25 heavy (non-hydrogen) atoms. The molecule has 0 bridgehead atoms. The number of carbonyl (C=O) groups is 1. The minimum atomic E-state index is -0.350. The fourth-order valence-electron chi connectivity index (χ4n) is 3.53. The molecule has 1 aliphatic carbocycles. The first-order valence-corrected chi connectivity index (χ1v) is 8.76. The van der Waals surface area contributed by atoms with E-state index in [1.54, 1.807) is 23.7 Å². The van der Waals surface area contributed by atoms with Crippen molar-refractivity contribution in [2.75, 3.05) is 7.11 Å². The Morgan fingerprint density at radius 2 is 2.20 bits per heavy atom. The predicted octanol–water partition coefficient (Wildman–Crippen LogP) is 3.86. The maximum absolute atomic E-state index is 13.5. The number of aryl methyl sites for hydroxylation is 1. The summed E-state index contributed by atoms with van der Waals surface area (Å²) < 4.78 is 20.0. The summed E-state index contributed by atoms with van der Waals surface area (Å²) in [6, 6.07) is 4.84. The zero-order valence-corrected chi connectivity index (χ0v) is 15.0. The van der Waals surface area contributed by atoms with Crippen molar-refractivity contribution in [3.05, 3.63) is 35.4 Å². The first-order valence-electron chi connectivity index (χ1n) is 8.76. The van der Waals surface area contributed by atoms with Crippen LogP contribution in [0.4, 0.5) is 4.39 Å². The van der Waals surface area contributed by atoms with Gasteiger partial charge in [0.25, 0.3) is 0 Å². The molecule has 3 rings (SSSR count). The van der Waals surface area contributed by atoms with Crippen molar-refractivity contribution in [2.24, 2.45) is 5.92 Å². The van der Waals surface area contributed by atoms with Crippen LogP contribution >= 0.6 is 0 Å². The lowest BCUT2D eigenvalue weighted by molar-refractivity contribution is -0.141. The molecule has 6 heteroatoms. The highest BCUT2D eigenvalue weighted by molar-refractivity contribution is 5.69. The first kappa shape index (κ1) is 17.6. The summed E-state index contributed by atoms with van der Waals surface area (Å²) in [4.78, 5) is 16.5. The third-order valence-electron chi connectivity index (χ3n) is 4.92.